The molecule has 0 aliphatic carbocycles. The van der Waals surface area contributed by atoms with E-state index < -0.39 is 43.3 Å². The molecule has 3 aliphatic rings. The summed E-state index contributed by atoms with van der Waals surface area (Å²) in [6.45, 7) is 11.7. The molecule has 3 fully saturated rings. The Kier molecular flexibility index (Phi) is 5.39. The highest BCUT2D eigenvalue weighted by Crippen LogP contribution is 2.60. The Bertz CT molecular complexity index is 526. The highest BCUT2D eigenvalue weighted by Gasteiger charge is 2.64. The molecular formula is C16H29O8P. The van der Waals surface area contributed by atoms with Gasteiger partial charge in [0.15, 0.2) is 17.4 Å². The van der Waals surface area contributed by atoms with Crippen LogP contribution in [0, 0.1) is 0 Å². The van der Waals surface area contributed by atoms with Gasteiger partial charge in [-0.25, -0.2) is 0 Å². The minimum absolute atomic E-state index is 0.250. The van der Waals surface area contributed by atoms with Gasteiger partial charge in [-0.2, -0.15) is 0 Å². The van der Waals surface area contributed by atoms with Crippen molar-refractivity contribution in [2.45, 2.75) is 83.4 Å². The second kappa shape index (κ2) is 6.84. The zero-order valence-electron chi connectivity index (χ0n) is 15.7. The van der Waals surface area contributed by atoms with Crippen LogP contribution in [0.15, 0.2) is 0 Å². The average molecular weight is 380 g/mol. The maximum absolute atomic E-state index is 13.3. The summed E-state index contributed by atoms with van der Waals surface area (Å²) in [5, 5.41) is 0. The summed E-state index contributed by atoms with van der Waals surface area (Å²) in [7, 11) is -3.53. The average Bonchev–Trinajstić information content (AvgIpc) is 3.09. The van der Waals surface area contributed by atoms with Gasteiger partial charge in [0.25, 0.3) is 0 Å². The van der Waals surface area contributed by atoms with Gasteiger partial charge in [-0.3, -0.25) is 4.57 Å². The van der Waals surface area contributed by atoms with Crippen molar-refractivity contribution < 1.29 is 37.3 Å². The SMILES string of the molecule is CCOP(=O)(OCC)[C@@H]1O[C@H]([C@H]2COC(C)(C)O2)[C@@H]2OC(C)(C)O[C@@H]21. The quantitative estimate of drug-likeness (QED) is 0.651. The summed E-state index contributed by atoms with van der Waals surface area (Å²) in [6.07, 6.45) is -1.82. The summed E-state index contributed by atoms with van der Waals surface area (Å²) in [4.78, 5) is 0. The molecule has 0 radical (unpaired) electrons. The molecule has 0 aromatic carbocycles. The van der Waals surface area contributed by atoms with E-state index in [0.717, 1.165) is 0 Å². The number of fused-ring (bicyclic) bond motifs is 1. The molecule has 0 bridgehead atoms. The molecule has 0 unspecified atom stereocenters. The predicted molar refractivity (Wildman–Crippen MR) is 88.2 cm³/mol. The van der Waals surface area contributed by atoms with Crippen molar-refractivity contribution in [3.63, 3.8) is 0 Å². The third-order valence-electron chi connectivity index (χ3n) is 4.39. The second-order valence-corrected chi connectivity index (χ2v) is 9.40. The molecule has 3 rings (SSSR count). The van der Waals surface area contributed by atoms with E-state index in [2.05, 4.69) is 0 Å². The molecule has 3 saturated heterocycles. The number of ether oxygens (including phenoxy) is 5. The van der Waals surface area contributed by atoms with E-state index >= 15 is 0 Å². The Balaban J connectivity index is 1.86. The molecule has 0 saturated carbocycles. The molecule has 0 aromatic rings. The Labute approximate surface area is 148 Å². The number of rotatable bonds is 6. The van der Waals surface area contributed by atoms with Crippen molar-refractivity contribution in [3.05, 3.63) is 0 Å². The molecule has 8 nitrogen and oxygen atoms in total. The standard InChI is InChI=1S/C16H29O8P/c1-7-19-25(17,20-8-2)14-13-12(23-16(5,6)24-13)11(21-14)10-9-18-15(3,4)22-10/h10-14H,7-9H2,1-6H3/t10-,11-,12+,13+,14+/m1/s1. The number of hydrogen-bond acceptors (Lipinski definition) is 8. The van der Waals surface area contributed by atoms with Crippen LogP contribution in [0.2, 0.25) is 0 Å². The molecule has 146 valence electrons. The first kappa shape index (κ1) is 19.7. The van der Waals surface area contributed by atoms with Crippen molar-refractivity contribution in [2.24, 2.45) is 0 Å². The predicted octanol–water partition coefficient (Wildman–Crippen LogP) is 2.65. The first-order valence-electron chi connectivity index (χ1n) is 8.82. The van der Waals surface area contributed by atoms with Gasteiger partial charge in [0, 0.05) is 0 Å². The largest absolute Gasteiger partial charge is 0.361 e. The van der Waals surface area contributed by atoms with Gasteiger partial charge in [-0.15, -0.1) is 0 Å². The lowest BCUT2D eigenvalue weighted by Gasteiger charge is -2.29. The third kappa shape index (κ3) is 3.82. The summed E-state index contributed by atoms with van der Waals surface area (Å²) >= 11 is 0. The van der Waals surface area contributed by atoms with Gasteiger partial charge in [0.2, 0.25) is 0 Å². The summed E-state index contributed by atoms with van der Waals surface area (Å²) < 4.78 is 54.0. The molecule has 9 heteroatoms. The molecule has 0 spiro atoms. The lowest BCUT2D eigenvalue weighted by molar-refractivity contribution is -0.200. The van der Waals surface area contributed by atoms with Crippen molar-refractivity contribution in [2.75, 3.05) is 19.8 Å². The Morgan fingerprint density at radius 3 is 2.04 bits per heavy atom. The van der Waals surface area contributed by atoms with Crippen LogP contribution in [-0.4, -0.2) is 61.7 Å². The van der Waals surface area contributed by atoms with Crippen molar-refractivity contribution >= 4 is 7.60 Å². The summed E-state index contributed by atoms with van der Waals surface area (Å²) in [6, 6.07) is 0. The first-order valence-corrected chi connectivity index (χ1v) is 10.4. The van der Waals surface area contributed by atoms with Gasteiger partial charge in [0.1, 0.15) is 24.4 Å². The highest BCUT2D eigenvalue weighted by molar-refractivity contribution is 7.54. The van der Waals surface area contributed by atoms with E-state index in [1.807, 2.05) is 27.7 Å². The highest BCUT2D eigenvalue weighted by atomic mass is 31.2. The topological polar surface area (TPSA) is 81.7 Å². The maximum atomic E-state index is 13.3. The van der Waals surface area contributed by atoms with E-state index in [9.17, 15) is 4.57 Å². The van der Waals surface area contributed by atoms with Gasteiger partial charge in [0.05, 0.1) is 19.8 Å². The van der Waals surface area contributed by atoms with Gasteiger partial charge < -0.3 is 32.7 Å². The van der Waals surface area contributed by atoms with Crippen LogP contribution in [0.4, 0.5) is 0 Å². The molecule has 0 amide bonds. The smallest absolute Gasteiger partial charge is 0.354 e. The van der Waals surface area contributed by atoms with E-state index in [4.69, 9.17) is 32.7 Å². The van der Waals surface area contributed by atoms with E-state index in [1.165, 1.54) is 0 Å². The zero-order chi connectivity index (χ0) is 18.5. The Hall–Kier alpha value is -0.0500. The van der Waals surface area contributed by atoms with E-state index in [-0.39, 0.29) is 19.3 Å². The lowest BCUT2D eigenvalue weighted by Crippen LogP contribution is -2.40. The molecule has 0 N–H and O–H groups in total. The summed E-state index contributed by atoms with van der Waals surface area (Å²) in [5.41, 5.74) is 0. The molecular weight excluding hydrogens is 351 g/mol. The normalized spacial score (nSPS) is 39.7. The van der Waals surface area contributed by atoms with Gasteiger partial charge >= 0.3 is 7.60 Å². The first-order chi connectivity index (χ1) is 11.6. The lowest BCUT2D eigenvalue weighted by atomic mass is 10.1. The number of hydrogen-bond donors (Lipinski definition) is 0. The van der Waals surface area contributed by atoms with Crippen LogP contribution < -0.4 is 0 Å². The van der Waals surface area contributed by atoms with Crippen LogP contribution in [0.25, 0.3) is 0 Å². The van der Waals surface area contributed by atoms with Crippen molar-refractivity contribution in [1.82, 2.24) is 0 Å². The maximum Gasteiger partial charge on any atom is 0.361 e. The zero-order valence-corrected chi connectivity index (χ0v) is 16.6. The van der Waals surface area contributed by atoms with Crippen molar-refractivity contribution in [1.29, 1.82) is 0 Å². The monoisotopic (exact) mass is 380 g/mol. The van der Waals surface area contributed by atoms with Crippen LogP contribution in [-0.2, 0) is 37.3 Å². The summed E-state index contributed by atoms with van der Waals surface area (Å²) in [5.74, 6) is -2.37. The fourth-order valence-corrected chi connectivity index (χ4v) is 5.55. The Morgan fingerprint density at radius 1 is 0.920 bits per heavy atom. The molecule has 3 aliphatic heterocycles. The Morgan fingerprint density at radius 2 is 1.52 bits per heavy atom. The molecule has 5 atom stereocenters. The van der Waals surface area contributed by atoms with Crippen molar-refractivity contribution in [3.8, 4) is 0 Å². The molecule has 0 aromatic heterocycles. The van der Waals surface area contributed by atoms with Gasteiger partial charge in [-0.1, -0.05) is 0 Å². The minimum atomic E-state index is -3.53. The second-order valence-electron chi connectivity index (χ2n) is 7.30. The molecule has 3 heterocycles. The van der Waals surface area contributed by atoms with Gasteiger partial charge in [-0.05, 0) is 41.5 Å². The minimum Gasteiger partial charge on any atom is -0.354 e. The molecule has 25 heavy (non-hydrogen) atoms. The fraction of sp³-hybridized carbons (Fsp3) is 1.00. The van der Waals surface area contributed by atoms with E-state index in [1.54, 1.807) is 13.8 Å². The van der Waals surface area contributed by atoms with Crippen LogP contribution >= 0.6 is 7.60 Å². The van der Waals surface area contributed by atoms with Crippen LogP contribution in [0.1, 0.15) is 41.5 Å². The van der Waals surface area contributed by atoms with Crippen LogP contribution in [0.3, 0.4) is 0 Å². The fourth-order valence-electron chi connectivity index (χ4n) is 3.58. The van der Waals surface area contributed by atoms with Crippen LogP contribution in [0.5, 0.6) is 0 Å². The third-order valence-corrected chi connectivity index (χ3v) is 6.67. The van der Waals surface area contributed by atoms with E-state index in [0.29, 0.717) is 6.61 Å².